The van der Waals surface area contributed by atoms with E-state index in [4.69, 9.17) is 10.3 Å². The highest BCUT2D eigenvalue weighted by Crippen LogP contribution is 2.36. The summed E-state index contributed by atoms with van der Waals surface area (Å²) < 4.78 is 23.3. The summed E-state index contributed by atoms with van der Waals surface area (Å²) in [5.74, 6) is 10.2. The van der Waals surface area contributed by atoms with Crippen LogP contribution in [0, 0.1) is 29.6 Å². The fourth-order valence-corrected chi connectivity index (χ4v) is 5.33. The first-order valence-corrected chi connectivity index (χ1v) is 12.6. The number of aryl methyl sites for hydroxylation is 1. The largest absolute Gasteiger partial charge is 0.396 e. The lowest BCUT2D eigenvalue weighted by molar-refractivity contribution is -0.131. The molecule has 1 aliphatic carbocycles. The Morgan fingerprint density at radius 3 is 2.72 bits per heavy atom. The van der Waals surface area contributed by atoms with E-state index < -0.39 is 26.1 Å². The van der Waals surface area contributed by atoms with Crippen LogP contribution in [0.2, 0.25) is 0 Å². The number of aliphatic hydroxyl groups excluding tert-OH is 1. The summed E-state index contributed by atoms with van der Waals surface area (Å²) in [5.41, 5.74) is 1.83. The number of aromatic nitrogens is 1. The van der Waals surface area contributed by atoms with E-state index in [-0.39, 0.29) is 25.4 Å². The van der Waals surface area contributed by atoms with E-state index in [1.807, 2.05) is 6.07 Å². The number of carbonyl (C=O) groups is 1. The highest BCUT2D eigenvalue weighted by atomic mass is 32.2. The van der Waals surface area contributed by atoms with Crippen LogP contribution in [0.5, 0.6) is 0 Å². The summed E-state index contributed by atoms with van der Waals surface area (Å²) >= 11 is 1.37. The first-order chi connectivity index (χ1) is 15.0. The van der Waals surface area contributed by atoms with Crippen LogP contribution >= 0.6 is 11.3 Å². The van der Waals surface area contributed by atoms with Crippen LogP contribution < -0.4 is 5.48 Å². The van der Waals surface area contributed by atoms with E-state index >= 15 is 0 Å². The van der Waals surface area contributed by atoms with E-state index in [0.717, 1.165) is 22.0 Å². The molecule has 0 spiro atoms. The van der Waals surface area contributed by atoms with Crippen molar-refractivity contribution in [3.05, 3.63) is 28.8 Å². The minimum Gasteiger partial charge on any atom is -0.396 e. The molecule has 1 heterocycles. The number of nitrogens with one attached hydrogen (secondary N) is 1. The SMILES string of the molecule is C[C@@](CCc1nc2ccc(C#CC#C[C@]3(O)C[C@H](CO)C3)cc2s1)(C(=O)NO)S(C)(=O)=O. The molecule has 1 atom stereocenters. The average molecular weight is 477 g/mol. The first-order valence-electron chi connectivity index (χ1n) is 9.90. The summed E-state index contributed by atoms with van der Waals surface area (Å²) in [6.07, 6.45) is 2.08. The number of carbonyl (C=O) groups excluding carboxylic acids is 1. The maximum absolute atomic E-state index is 12.1. The molecule has 4 N–H and O–H groups in total. The van der Waals surface area contributed by atoms with Gasteiger partial charge in [0.25, 0.3) is 5.91 Å². The Hall–Kier alpha value is -2.47. The molecular weight excluding hydrogens is 452 g/mol. The summed E-state index contributed by atoms with van der Waals surface area (Å²) in [6, 6.07) is 5.44. The van der Waals surface area contributed by atoms with E-state index in [2.05, 4.69) is 28.7 Å². The lowest BCUT2D eigenvalue weighted by Crippen LogP contribution is -2.49. The van der Waals surface area contributed by atoms with Gasteiger partial charge in [-0.3, -0.25) is 10.0 Å². The molecule has 1 aromatic heterocycles. The summed E-state index contributed by atoms with van der Waals surface area (Å²) in [5, 5.41) is 28.7. The third kappa shape index (κ3) is 5.12. The zero-order valence-electron chi connectivity index (χ0n) is 17.7. The van der Waals surface area contributed by atoms with Crippen molar-refractivity contribution in [1.82, 2.24) is 10.5 Å². The molecule has 10 heteroatoms. The van der Waals surface area contributed by atoms with Crippen LogP contribution in [0.25, 0.3) is 10.2 Å². The smallest absolute Gasteiger partial charge is 0.264 e. The molecule has 1 aromatic carbocycles. The third-order valence-electron chi connectivity index (χ3n) is 5.72. The maximum Gasteiger partial charge on any atom is 0.264 e. The van der Waals surface area contributed by atoms with Crippen molar-refractivity contribution in [1.29, 1.82) is 0 Å². The van der Waals surface area contributed by atoms with Crippen LogP contribution in [0.1, 0.15) is 36.8 Å². The topological polar surface area (TPSA) is 137 Å². The van der Waals surface area contributed by atoms with Gasteiger partial charge in [0.1, 0.15) is 10.3 Å². The molecule has 0 unspecified atom stereocenters. The number of nitrogens with zero attached hydrogens (tertiary/aromatic N) is 1. The molecule has 1 amide bonds. The number of amides is 1. The van der Waals surface area contributed by atoms with Crippen LogP contribution in [-0.2, 0) is 21.1 Å². The Kier molecular flexibility index (Phi) is 6.94. The first kappa shape index (κ1) is 24.2. The number of benzene rings is 1. The Bertz CT molecular complexity index is 1260. The van der Waals surface area contributed by atoms with Crippen molar-refractivity contribution < 1.29 is 28.6 Å². The van der Waals surface area contributed by atoms with Crippen molar-refractivity contribution in [2.45, 2.75) is 43.0 Å². The minimum atomic E-state index is -3.77. The van der Waals surface area contributed by atoms with Gasteiger partial charge in [0.05, 0.1) is 15.2 Å². The Labute approximate surface area is 190 Å². The summed E-state index contributed by atoms with van der Waals surface area (Å²) in [6.45, 7) is 1.33. The molecule has 1 saturated carbocycles. The van der Waals surface area contributed by atoms with Gasteiger partial charge in [0.2, 0.25) is 0 Å². The van der Waals surface area contributed by atoms with E-state index in [0.29, 0.717) is 17.8 Å². The van der Waals surface area contributed by atoms with E-state index in [9.17, 15) is 18.3 Å². The van der Waals surface area contributed by atoms with Crippen LogP contribution in [0.3, 0.4) is 0 Å². The predicted molar refractivity (Wildman–Crippen MR) is 121 cm³/mol. The number of fused-ring (bicyclic) bond motifs is 1. The highest BCUT2D eigenvalue weighted by Gasteiger charge is 2.43. The Morgan fingerprint density at radius 2 is 2.09 bits per heavy atom. The summed E-state index contributed by atoms with van der Waals surface area (Å²) in [7, 11) is -3.77. The second kappa shape index (κ2) is 9.18. The van der Waals surface area contributed by atoms with Gasteiger partial charge in [-0.05, 0) is 62.1 Å². The third-order valence-corrected chi connectivity index (χ3v) is 8.83. The standard InChI is InChI=1S/C22H24N2O6S2/c1-21(20(26)24-28,32(2,29)30)10-8-19-23-17-7-6-15(11-18(17)31-19)5-3-4-9-22(27)12-16(13-22)14-25/h6-7,11,16,25,27-28H,8,10,12-14H2,1-2H3,(H,24,26)/t16-,21-,22-/m1/s1. The van der Waals surface area contributed by atoms with Crippen LogP contribution in [-0.4, -0.2) is 57.9 Å². The van der Waals surface area contributed by atoms with Crippen molar-refractivity contribution in [2.24, 2.45) is 5.92 Å². The Balaban J connectivity index is 1.72. The quantitative estimate of drug-likeness (QED) is 0.278. The van der Waals surface area contributed by atoms with Gasteiger partial charge in [-0.25, -0.2) is 18.9 Å². The molecule has 0 aliphatic heterocycles. The lowest BCUT2D eigenvalue weighted by atomic mass is 9.72. The molecule has 0 radical (unpaired) electrons. The fourth-order valence-electron chi connectivity index (χ4n) is 3.47. The normalized spacial score (nSPS) is 22.0. The molecular formula is C22H24N2O6S2. The zero-order valence-corrected chi connectivity index (χ0v) is 19.3. The Morgan fingerprint density at radius 1 is 1.38 bits per heavy atom. The van der Waals surface area contributed by atoms with Gasteiger partial charge >= 0.3 is 0 Å². The van der Waals surface area contributed by atoms with Gasteiger partial charge in [-0.2, -0.15) is 0 Å². The number of rotatable bonds is 6. The van der Waals surface area contributed by atoms with Gasteiger partial charge in [0.15, 0.2) is 9.84 Å². The van der Waals surface area contributed by atoms with Crippen molar-refractivity contribution in [2.75, 3.05) is 12.9 Å². The molecule has 0 saturated heterocycles. The van der Waals surface area contributed by atoms with Crippen LogP contribution in [0.15, 0.2) is 18.2 Å². The highest BCUT2D eigenvalue weighted by molar-refractivity contribution is 7.92. The predicted octanol–water partition coefficient (Wildman–Crippen LogP) is 1.03. The molecule has 0 bridgehead atoms. The molecule has 32 heavy (non-hydrogen) atoms. The van der Waals surface area contributed by atoms with E-state index in [1.165, 1.54) is 23.7 Å². The summed E-state index contributed by atoms with van der Waals surface area (Å²) in [4.78, 5) is 16.4. The molecule has 2 aromatic rings. The number of sulfone groups is 1. The van der Waals surface area contributed by atoms with Gasteiger partial charge in [-0.15, -0.1) is 11.3 Å². The molecule has 1 fully saturated rings. The molecule has 170 valence electrons. The minimum absolute atomic E-state index is 0.0274. The van der Waals surface area contributed by atoms with E-state index in [1.54, 1.807) is 12.1 Å². The molecule has 3 rings (SSSR count). The number of thiazole rings is 1. The van der Waals surface area contributed by atoms with Crippen molar-refractivity contribution >= 4 is 37.3 Å². The second-order valence-corrected chi connectivity index (χ2v) is 11.8. The van der Waals surface area contributed by atoms with Crippen LogP contribution in [0.4, 0.5) is 0 Å². The number of hydrogen-bond donors (Lipinski definition) is 4. The average Bonchev–Trinajstić information content (AvgIpc) is 3.13. The van der Waals surface area contributed by atoms with Crippen molar-refractivity contribution in [3.63, 3.8) is 0 Å². The molecule has 1 aliphatic rings. The second-order valence-electron chi connectivity index (χ2n) is 8.22. The number of hydroxylamine groups is 1. The lowest BCUT2D eigenvalue weighted by Gasteiger charge is -2.38. The zero-order chi connectivity index (χ0) is 23.6. The molecule has 8 nitrogen and oxygen atoms in total. The van der Waals surface area contributed by atoms with Gasteiger partial charge in [-0.1, -0.05) is 11.8 Å². The van der Waals surface area contributed by atoms with Crippen molar-refractivity contribution in [3.8, 4) is 23.7 Å². The number of hydrogen-bond acceptors (Lipinski definition) is 8. The monoisotopic (exact) mass is 476 g/mol. The van der Waals surface area contributed by atoms with Gasteiger partial charge < -0.3 is 10.2 Å². The fraction of sp³-hybridized carbons (Fsp3) is 0.455. The van der Waals surface area contributed by atoms with Gasteiger partial charge in [0, 0.05) is 24.8 Å². The number of aliphatic hydroxyl groups is 2. The maximum atomic E-state index is 12.1.